The minimum atomic E-state index is -0.264. The summed E-state index contributed by atoms with van der Waals surface area (Å²) in [5, 5.41) is 6.87. The predicted octanol–water partition coefficient (Wildman–Crippen LogP) is 7.20. The van der Waals surface area contributed by atoms with Gasteiger partial charge in [-0.2, -0.15) is 5.10 Å². The number of halogens is 2. The fraction of sp³-hybridized carbons (Fsp3) is 0.172. The molecule has 1 N–H and O–H groups in total. The molecule has 1 aliphatic rings. The maximum absolute atomic E-state index is 12.5. The summed E-state index contributed by atoms with van der Waals surface area (Å²) < 4.78 is 6.78. The van der Waals surface area contributed by atoms with Crippen LogP contribution in [0.3, 0.4) is 0 Å². The van der Waals surface area contributed by atoms with Crippen molar-refractivity contribution in [3.63, 3.8) is 0 Å². The minimum Gasteiger partial charge on any atom is -0.486 e. The van der Waals surface area contributed by atoms with Gasteiger partial charge in [-0.15, -0.1) is 0 Å². The second kappa shape index (κ2) is 11.1. The smallest absolute Gasteiger partial charge is 0.271 e. The highest BCUT2D eigenvalue weighted by Gasteiger charge is 2.13. The van der Waals surface area contributed by atoms with Crippen molar-refractivity contribution in [3.8, 4) is 5.75 Å². The zero-order chi connectivity index (χ0) is 24.9. The lowest BCUT2D eigenvalue weighted by atomic mass is 10.1. The molecule has 0 aliphatic carbocycles. The Morgan fingerprint density at radius 3 is 2.56 bits per heavy atom. The van der Waals surface area contributed by atoms with Crippen molar-refractivity contribution < 1.29 is 9.53 Å². The summed E-state index contributed by atoms with van der Waals surface area (Å²) in [5.41, 5.74) is 6.10. The normalized spacial score (nSPS) is 13.4. The van der Waals surface area contributed by atoms with E-state index < -0.39 is 0 Å². The van der Waals surface area contributed by atoms with Crippen LogP contribution >= 0.6 is 27.5 Å². The Morgan fingerprint density at radius 1 is 1.03 bits per heavy atom. The summed E-state index contributed by atoms with van der Waals surface area (Å²) in [6, 6.07) is 25.6. The molecule has 0 aromatic heterocycles. The van der Waals surface area contributed by atoms with Gasteiger partial charge in [-0.05, 0) is 87.1 Å². The van der Waals surface area contributed by atoms with Crippen molar-refractivity contribution in [2.24, 2.45) is 5.10 Å². The first-order valence-corrected chi connectivity index (χ1v) is 13.0. The van der Waals surface area contributed by atoms with E-state index in [0.29, 0.717) is 27.4 Å². The van der Waals surface area contributed by atoms with E-state index in [2.05, 4.69) is 49.6 Å². The van der Waals surface area contributed by atoms with E-state index in [9.17, 15) is 4.79 Å². The summed E-state index contributed by atoms with van der Waals surface area (Å²) in [5.74, 6) is 0.295. The number of amides is 1. The SMILES string of the molecule is O=C(N/N=C\c1cc(Cl)c(OCc2cccc3ccccc23)c(Br)c1)c1ccc(N2CCCC2)cc1. The van der Waals surface area contributed by atoms with Crippen molar-refractivity contribution in [3.05, 3.63) is 105 Å². The number of hydrogen-bond acceptors (Lipinski definition) is 4. The zero-order valence-corrected chi connectivity index (χ0v) is 21.9. The lowest BCUT2D eigenvalue weighted by Crippen LogP contribution is -2.19. The van der Waals surface area contributed by atoms with Gasteiger partial charge in [0.05, 0.1) is 15.7 Å². The van der Waals surface area contributed by atoms with Crippen LogP contribution in [0.4, 0.5) is 5.69 Å². The van der Waals surface area contributed by atoms with E-state index >= 15 is 0 Å². The number of carbonyl (C=O) groups excluding carboxylic acids is 1. The average Bonchev–Trinajstić information content (AvgIpc) is 3.43. The Labute approximate surface area is 223 Å². The number of nitrogens with one attached hydrogen (secondary N) is 1. The van der Waals surface area contributed by atoms with Gasteiger partial charge in [0, 0.05) is 24.3 Å². The van der Waals surface area contributed by atoms with E-state index in [1.54, 1.807) is 12.3 Å². The molecule has 0 unspecified atom stereocenters. The largest absolute Gasteiger partial charge is 0.486 e. The summed E-state index contributed by atoms with van der Waals surface area (Å²) in [6.45, 7) is 2.53. The predicted molar refractivity (Wildman–Crippen MR) is 150 cm³/mol. The molecule has 0 radical (unpaired) electrons. The number of benzene rings is 4. The Balaban J connectivity index is 1.21. The number of hydrogen-bond donors (Lipinski definition) is 1. The van der Waals surface area contributed by atoms with Crippen molar-refractivity contribution in [1.29, 1.82) is 0 Å². The quantitative estimate of drug-likeness (QED) is 0.191. The van der Waals surface area contributed by atoms with Gasteiger partial charge in [-0.3, -0.25) is 4.79 Å². The molecule has 4 aromatic carbocycles. The Morgan fingerprint density at radius 2 is 1.78 bits per heavy atom. The van der Waals surface area contributed by atoms with Crippen LogP contribution in [0.5, 0.6) is 5.75 Å². The highest BCUT2D eigenvalue weighted by atomic mass is 79.9. The van der Waals surface area contributed by atoms with Crippen LogP contribution in [0.15, 0.2) is 88.4 Å². The Kier molecular flexibility index (Phi) is 7.54. The zero-order valence-electron chi connectivity index (χ0n) is 19.6. The van der Waals surface area contributed by atoms with E-state index in [1.165, 1.54) is 18.2 Å². The molecule has 5 rings (SSSR count). The fourth-order valence-electron chi connectivity index (χ4n) is 4.39. The monoisotopic (exact) mass is 561 g/mol. The molecular weight excluding hydrogens is 538 g/mol. The van der Waals surface area contributed by atoms with Gasteiger partial charge >= 0.3 is 0 Å². The maximum atomic E-state index is 12.5. The van der Waals surface area contributed by atoms with Gasteiger partial charge in [0.15, 0.2) is 5.75 Å². The third kappa shape index (κ3) is 5.55. The first-order chi connectivity index (χ1) is 17.6. The van der Waals surface area contributed by atoms with Crippen molar-refractivity contribution in [1.82, 2.24) is 5.43 Å². The highest BCUT2D eigenvalue weighted by Crippen LogP contribution is 2.35. The molecule has 4 aromatic rings. The van der Waals surface area contributed by atoms with Crippen LogP contribution in [0, 0.1) is 0 Å². The van der Waals surface area contributed by atoms with E-state index in [4.69, 9.17) is 16.3 Å². The standard InChI is InChI=1S/C29H25BrClN3O2/c30-26-16-20(18-32-33-29(35)22-10-12-24(13-11-22)34-14-3-4-15-34)17-27(31)28(26)36-19-23-8-5-7-21-6-1-2-9-25(21)23/h1-2,5-13,16-18H,3-4,14-15,19H2,(H,33,35)/b32-18-. The number of carbonyl (C=O) groups is 1. The molecule has 1 heterocycles. The molecule has 1 fully saturated rings. The van der Waals surface area contributed by atoms with E-state index in [-0.39, 0.29) is 5.91 Å². The molecule has 182 valence electrons. The molecule has 0 atom stereocenters. The van der Waals surface area contributed by atoms with Gasteiger partial charge in [0.1, 0.15) is 6.61 Å². The highest BCUT2D eigenvalue weighted by molar-refractivity contribution is 9.10. The molecule has 0 bridgehead atoms. The average molecular weight is 563 g/mol. The molecular formula is C29H25BrClN3O2. The molecule has 7 heteroatoms. The van der Waals surface area contributed by atoms with Crippen LogP contribution in [0.25, 0.3) is 10.8 Å². The van der Waals surface area contributed by atoms with Crippen molar-refractivity contribution in [2.75, 3.05) is 18.0 Å². The summed E-state index contributed by atoms with van der Waals surface area (Å²) >= 11 is 10.1. The van der Waals surface area contributed by atoms with Crippen LogP contribution in [0.2, 0.25) is 5.02 Å². The molecule has 0 spiro atoms. The topological polar surface area (TPSA) is 53.9 Å². The molecule has 1 saturated heterocycles. The number of ether oxygens (including phenoxy) is 1. The van der Waals surface area contributed by atoms with E-state index in [0.717, 1.165) is 35.3 Å². The summed E-state index contributed by atoms with van der Waals surface area (Å²) in [7, 11) is 0. The molecule has 1 amide bonds. The van der Waals surface area contributed by atoms with Gasteiger partial charge in [0.25, 0.3) is 5.91 Å². The van der Waals surface area contributed by atoms with Crippen LogP contribution in [0.1, 0.15) is 34.3 Å². The van der Waals surface area contributed by atoms with Gasteiger partial charge in [0.2, 0.25) is 0 Å². The number of rotatable bonds is 7. The second-order valence-electron chi connectivity index (χ2n) is 8.68. The second-order valence-corrected chi connectivity index (χ2v) is 9.94. The molecule has 0 saturated carbocycles. The van der Waals surface area contributed by atoms with Gasteiger partial charge < -0.3 is 9.64 Å². The number of hydrazone groups is 1. The van der Waals surface area contributed by atoms with Crippen LogP contribution < -0.4 is 15.1 Å². The van der Waals surface area contributed by atoms with Gasteiger partial charge in [-0.1, -0.05) is 54.1 Å². The Bertz CT molecular complexity index is 1390. The number of anilines is 1. The number of nitrogens with zero attached hydrogens (tertiary/aromatic N) is 2. The number of fused-ring (bicyclic) bond motifs is 1. The first kappa shape index (κ1) is 24.3. The maximum Gasteiger partial charge on any atom is 0.271 e. The first-order valence-electron chi connectivity index (χ1n) is 11.9. The Hall–Kier alpha value is -3.35. The van der Waals surface area contributed by atoms with Crippen LogP contribution in [-0.2, 0) is 6.61 Å². The van der Waals surface area contributed by atoms with Crippen molar-refractivity contribution in [2.45, 2.75) is 19.4 Å². The van der Waals surface area contributed by atoms with Crippen LogP contribution in [-0.4, -0.2) is 25.2 Å². The molecule has 5 nitrogen and oxygen atoms in total. The summed E-state index contributed by atoms with van der Waals surface area (Å²) in [6.07, 6.45) is 3.99. The lowest BCUT2D eigenvalue weighted by molar-refractivity contribution is 0.0955. The van der Waals surface area contributed by atoms with E-state index in [1.807, 2.05) is 54.6 Å². The summed E-state index contributed by atoms with van der Waals surface area (Å²) in [4.78, 5) is 14.8. The van der Waals surface area contributed by atoms with Gasteiger partial charge in [-0.25, -0.2) is 5.43 Å². The minimum absolute atomic E-state index is 0.264. The third-order valence-electron chi connectivity index (χ3n) is 6.25. The molecule has 1 aliphatic heterocycles. The van der Waals surface area contributed by atoms with Crippen molar-refractivity contribution >= 4 is 56.1 Å². The third-order valence-corrected chi connectivity index (χ3v) is 7.12. The molecule has 36 heavy (non-hydrogen) atoms. The fourth-order valence-corrected chi connectivity index (χ4v) is 5.38. The lowest BCUT2D eigenvalue weighted by Gasteiger charge is -2.17.